The molecule has 1 aromatic heterocycles. The van der Waals surface area contributed by atoms with Crippen molar-refractivity contribution in [1.82, 2.24) is 9.78 Å². The molecule has 102 valence electrons. The van der Waals surface area contributed by atoms with Crippen LogP contribution in [0.2, 0.25) is 5.02 Å². The van der Waals surface area contributed by atoms with Gasteiger partial charge in [0.15, 0.2) is 0 Å². The molecular formula is C12H20ClN3O2. The zero-order chi connectivity index (χ0) is 13.4. The fourth-order valence-corrected chi connectivity index (χ4v) is 1.73. The first-order chi connectivity index (χ1) is 8.70. The van der Waals surface area contributed by atoms with Gasteiger partial charge in [0.2, 0.25) is 0 Å². The molecule has 0 aliphatic rings. The van der Waals surface area contributed by atoms with Crippen molar-refractivity contribution >= 4 is 17.3 Å². The highest BCUT2D eigenvalue weighted by molar-refractivity contribution is 6.32. The summed E-state index contributed by atoms with van der Waals surface area (Å²) in [5.74, 6) is 0. The van der Waals surface area contributed by atoms with Crippen LogP contribution < -0.4 is 10.9 Å². The number of aliphatic hydroxyl groups is 1. The lowest BCUT2D eigenvalue weighted by molar-refractivity contribution is 0.286. The Hall–Kier alpha value is -1.07. The third kappa shape index (κ3) is 4.31. The lowest BCUT2D eigenvalue weighted by Crippen LogP contribution is -2.24. The second kappa shape index (κ2) is 8.11. The second-order valence-corrected chi connectivity index (χ2v) is 4.49. The molecule has 1 rings (SSSR count). The van der Waals surface area contributed by atoms with E-state index in [1.165, 1.54) is 4.68 Å². The van der Waals surface area contributed by atoms with Gasteiger partial charge in [-0.3, -0.25) is 4.79 Å². The minimum absolute atomic E-state index is 0.173. The molecule has 5 nitrogen and oxygen atoms in total. The molecule has 0 aromatic carbocycles. The van der Waals surface area contributed by atoms with Gasteiger partial charge in [-0.1, -0.05) is 24.9 Å². The van der Waals surface area contributed by atoms with Crippen LogP contribution in [0.25, 0.3) is 0 Å². The van der Waals surface area contributed by atoms with Crippen LogP contribution in [0.4, 0.5) is 5.69 Å². The molecular weight excluding hydrogens is 254 g/mol. The van der Waals surface area contributed by atoms with Crippen LogP contribution in [0.1, 0.15) is 32.6 Å². The largest absolute Gasteiger partial charge is 0.396 e. The van der Waals surface area contributed by atoms with Crippen molar-refractivity contribution in [2.24, 2.45) is 0 Å². The van der Waals surface area contributed by atoms with E-state index in [4.69, 9.17) is 16.7 Å². The molecule has 1 aromatic rings. The van der Waals surface area contributed by atoms with E-state index < -0.39 is 0 Å². The first-order valence-electron chi connectivity index (χ1n) is 6.31. The van der Waals surface area contributed by atoms with Crippen LogP contribution in [-0.4, -0.2) is 28.0 Å². The van der Waals surface area contributed by atoms with Crippen LogP contribution >= 0.6 is 11.6 Å². The van der Waals surface area contributed by atoms with Crippen molar-refractivity contribution in [1.29, 1.82) is 0 Å². The predicted octanol–water partition coefficient (Wildman–Crippen LogP) is 1.88. The summed E-state index contributed by atoms with van der Waals surface area (Å²) in [5.41, 5.74) is 0.310. The van der Waals surface area contributed by atoms with E-state index in [0.717, 1.165) is 25.7 Å². The molecule has 0 bridgehead atoms. The Morgan fingerprint density at radius 3 is 2.89 bits per heavy atom. The Balaban J connectivity index is 2.65. The molecule has 1 heterocycles. The molecule has 0 saturated heterocycles. The minimum Gasteiger partial charge on any atom is -0.396 e. The van der Waals surface area contributed by atoms with Crippen LogP contribution in [0.3, 0.4) is 0 Å². The van der Waals surface area contributed by atoms with Crippen LogP contribution in [0.15, 0.2) is 11.0 Å². The first kappa shape index (κ1) is 15.0. The van der Waals surface area contributed by atoms with Crippen molar-refractivity contribution in [3.8, 4) is 0 Å². The molecule has 2 N–H and O–H groups in total. The van der Waals surface area contributed by atoms with Gasteiger partial charge in [-0.25, -0.2) is 4.68 Å². The standard InChI is InChI=1S/C12H20ClN3O2/c1-2-3-7-16-12(18)11(13)10(9-15-16)14-6-4-5-8-17/h9,14,17H,2-8H2,1H3. The summed E-state index contributed by atoms with van der Waals surface area (Å²) in [4.78, 5) is 11.9. The summed E-state index contributed by atoms with van der Waals surface area (Å²) in [5, 5.41) is 16.0. The number of anilines is 1. The summed E-state index contributed by atoms with van der Waals surface area (Å²) in [6.07, 6.45) is 5.05. The van der Waals surface area contributed by atoms with Gasteiger partial charge in [-0.2, -0.15) is 5.10 Å². The Morgan fingerprint density at radius 2 is 2.22 bits per heavy atom. The molecule has 0 aliphatic carbocycles. The van der Waals surface area contributed by atoms with Gasteiger partial charge in [0.1, 0.15) is 5.02 Å². The molecule has 0 fully saturated rings. The van der Waals surface area contributed by atoms with E-state index in [1.807, 2.05) is 0 Å². The Bertz CT molecular complexity index is 420. The van der Waals surface area contributed by atoms with Crippen molar-refractivity contribution in [3.05, 3.63) is 21.6 Å². The van der Waals surface area contributed by atoms with Crippen molar-refractivity contribution in [2.45, 2.75) is 39.2 Å². The first-order valence-corrected chi connectivity index (χ1v) is 6.68. The van der Waals surface area contributed by atoms with Gasteiger partial charge in [-0.15, -0.1) is 0 Å². The van der Waals surface area contributed by atoms with Crippen LogP contribution in [-0.2, 0) is 6.54 Å². The highest BCUT2D eigenvalue weighted by Crippen LogP contribution is 2.15. The van der Waals surface area contributed by atoms with Crippen LogP contribution in [0, 0.1) is 0 Å². The maximum Gasteiger partial charge on any atom is 0.287 e. The SMILES string of the molecule is CCCCn1ncc(NCCCCO)c(Cl)c1=O. The maximum atomic E-state index is 11.9. The normalized spacial score (nSPS) is 10.6. The average Bonchev–Trinajstić information content (AvgIpc) is 2.38. The maximum absolute atomic E-state index is 11.9. The molecule has 0 saturated carbocycles. The number of nitrogens with zero attached hydrogens (tertiary/aromatic N) is 2. The number of aryl methyl sites for hydroxylation is 1. The highest BCUT2D eigenvalue weighted by Gasteiger charge is 2.08. The topological polar surface area (TPSA) is 67.2 Å². The van der Waals surface area contributed by atoms with E-state index in [9.17, 15) is 4.79 Å². The minimum atomic E-state index is -0.253. The summed E-state index contributed by atoms with van der Waals surface area (Å²) in [6.45, 7) is 3.50. The molecule has 0 spiro atoms. The lowest BCUT2D eigenvalue weighted by atomic mass is 10.3. The summed E-state index contributed by atoms with van der Waals surface area (Å²) in [7, 11) is 0. The molecule has 0 aliphatic heterocycles. The average molecular weight is 274 g/mol. The fraction of sp³-hybridized carbons (Fsp3) is 0.667. The Morgan fingerprint density at radius 1 is 1.44 bits per heavy atom. The lowest BCUT2D eigenvalue weighted by Gasteiger charge is -2.09. The van der Waals surface area contributed by atoms with Gasteiger partial charge in [0, 0.05) is 19.7 Å². The summed E-state index contributed by atoms with van der Waals surface area (Å²) in [6, 6.07) is 0. The second-order valence-electron chi connectivity index (χ2n) is 4.11. The molecule has 18 heavy (non-hydrogen) atoms. The van der Waals surface area contributed by atoms with Crippen LogP contribution in [0.5, 0.6) is 0 Å². The van der Waals surface area contributed by atoms with E-state index >= 15 is 0 Å². The highest BCUT2D eigenvalue weighted by atomic mass is 35.5. The van der Waals surface area contributed by atoms with E-state index in [1.54, 1.807) is 6.20 Å². The predicted molar refractivity (Wildman–Crippen MR) is 73.2 cm³/mol. The number of halogens is 1. The van der Waals surface area contributed by atoms with E-state index in [0.29, 0.717) is 18.8 Å². The number of hydrogen-bond donors (Lipinski definition) is 2. The summed E-state index contributed by atoms with van der Waals surface area (Å²) < 4.78 is 1.39. The quantitative estimate of drug-likeness (QED) is 0.710. The van der Waals surface area contributed by atoms with Gasteiger partial charge in [0.05, 0.1) is 11.9 Å². The van der Waals surface area contributed by atoms with E-state index in [-0.39, 0.29) is 17.2 Å². The zero-order valence-corrected chi connectivity index (χ0v) is 11.4. The van der Waals surface area contributed by atoms with Gasteiger partial charge in [-0.05, 0) is 19.3 Å². The third-order valence-electron chi connectivity index (χ3n) is 2.61. The molecule has 0 radical (unpaired) electrons. The molecule has 6 heteroatoms. The Kier molecular flexibility index (Phi) is 6.75. The molecule has 0 amide bonds. The van der Waals surface area contributed by atoms with Gasteiger partial charge >= 0.3 is 0 Å². The number of hydrogen-bond acceptors (Lipinski definition) is 4. The fourth-order valence-electron chi connectivity index (χ4n) is 1.52. The van der Waals surface area contributed by atoms with Crippen molar-refractivity contribution in [3.63, 3.8) is 0 Å². The van der Waals surface area contributed by atoms with Gasteiger partial charge in [0.25, 0.3) is 5.56 Å². The number of rotatable bonds is 8. The monoisotopic (exact) mass is 273 g/mol. The van der Waals surface area contributed by atoms with E-state index in [2.05, 4.69) is 17.3 Å². The van der Waals surface area contributed by atoms with Gasteiger partial charge < -0.3 is 10.4 Å². The van der Waals surface area contributed by atoms with Crippen molar-refractivity contribution < 1.29 is 5.11 Å². The smallest absolute Gasteiger partial charge is 0.287 e. The number of aromatic nitrogens is 2. The number of unbranched alkanes of at least 4 members (excludes halogenated alkanes) is 2. The summed E-state index contributed by atoms with van der Waals surface area (Å²) >= 11 is 6.00. The third-order valence-corrected chi connectivity index (χ3v) is 2.97. The molecule has 0 atom stereocenters. The molecule has 0 unspecified atom stereocenters. The number of nitrogens with one attached hydrogen (secondary N) is 1. The number of aliphatic hydroxyl groups excluding tert-OH is 1. The van der Waals surface area contributed by atoms with Crippen molar-refractivity contribution in [2.75, 3.05) is 18.5 Å². The zero-order valence-electron chi connectivity index (χ0n) is 10.7. The Labute approximate surface area is 112 Å².